The standard InChI is InChI=1S/C24H23ClF3NO2S/c1-13-19(17(23(30)31)6-4-12-24(26,27)28)20(14-8-10-15(25)11-9-14)22-21(29-13)16-5-2-3-7-18(16)32-22/h5,8-11,17-18H,2-4,6-7,12H2,1H3,(H,30,31). The summed E-state index contributed by atoms with van der Waals surface area (Å²) in [5.41, 5.74) is 4.70. The van der Waals surface area contributed by atoms with Crippen LogP contribution in [0.3, 0.4) is 0 Å². The largest absolute Gasteiger partial charge is 0.481 e. The summed E-state index contributed by atoms with van der Waals surface area (Å²) in [6, 6.07) is 7.17. The van der Waals surface area contributed by atoms with Crippen molar-refractivity contribution in [1.29, 1.82) is 0 Å². The molecule has 170 valence electrons. The number of aromatic nitrogens is 1. The molecule has 3 nitrogen and oxygen atoms in total. The maximum Gasteiger partial charge on any atom is 0.389 e. The molecule has 0 saturated heterocycles. The number of carbonyl (C=O) groups is 1. The molecule has 1 N–H and O–H groups in total. The zero-order chi connectivity index (χ0) is 23.0. The summed E-state index contributed by atoms with van der Waals surface area (Å²) < 4.78 is 38.2. The van der Waals surface area contributed by atoms with E-state index in [0.717, 1.165) is 41.0 Å². The molecule has 4 rings (SSSR count). The molecule has 2 aliphatic rings. The zero-order valence-electron chi connectivity index (χ0n) is 17.5. The van der Waals surface area contributed by atoms with Gasteiger partial charge in [-0.3, -0.25) is 9.78 Å². The Balaban J connectivity index is 1.86. The maximum atomic E-state index is 12.7. The van der Waals surface area contributed by atoms with Crippen LogP contribution in [0.5, 0.6) is 0 Å². The van der Waals surface area contributed by atoms with E-state index in [0.29, 0.717) is 16.3 Å². The molecule has 2 unspecified atom stereocenters. The molecule has 2 atom stereocenters. The topological polar surface area (TPSA) is 50.2 Å². The average Bonchev–Trinajstić information content (AvgIpc) is 3.09. The van der Waals surface area contributed by atoms with Crippen LogP contribution in [-0.4, -0.2) is 27.5 Å². The molecule has 1 aromatic carbocycles. The number of hydrogen-bond donors (Lipinski definition) is 1. The molecule has 1 aliphatic heterocycles. The van der Waals surface area contributed by atoms with Gasteiger partial charge in [0.25, 0.3) is 0 Å². The first kappa shape index (κ1) is 23.2. The average molecular weight is 482 g/mol. The summed E-state index contributed by atoms with van der Waals surface area (Å²) in [5, 5.41) is 10.8. The summed E-state index contributed by atoms with van der Waals surface area (Å²) in [4.78, 5) is 18.0. The lowest BCUT2D eigenvalue weighted by molar-refractivity contribution is -0.142. The Bertz CT molecular complexity index is 1070. The third kappa shape index (κ3) is 4.69. The van der Waals surface area contributed by atoms with E-state index in [-0.39, 0.29) is 18.1 Å². The van der Waals surface area contributed by atoms with Crippen LogP contribution in [-0.2, 0) is 4.79 Å². The number of carboxylic acid groups (broad SMARTS) is 1. The van der Waals surface area contributed by atoms with Gasteiger partial charge in [0.05, 0.1) is 11.6 Å². The SMILES string of the molecule is Cc1nc2c(c(-c3ccc(Cl)cc3)c1C(CCCC(F)(F)F)C(=O)O)SC1CCCC=C21. The third-order valence-corrected chi connectivity index (χ3v) is 7.69. The fourth-order valence-electron chi connectivity index (χ4n) is 4.60. The molecule has 1 aromatic heterocycles. The van der Waals surface area contributed by atoms with E-state index in [1.54, 1.807) is 30.8 Å². The van der Waals surface area contributed by atoms with Crippen molar-refractivity contribution in [2.75, 3.05) is 0 Å². The highest BCUT2D eigenvalue weighted by Crippen LogP contribution is 2.54. The number of carboxylic acids is 1. The van der Waals surface area contributed by atoms with E-state index in [4.69, 9.17) is 16.6 Å². The van der Waals surface area contributed by atoms with Crippen molar-refractivity contribution in [3.8, 4) is 11.1 Å². The van der Waals surface area contributed by atoms with Crippen LogP contribution in [0, 0.1) is 6.92 Å². The second kappa shape index (κ2) is 9.10. The number of rotatable bonds is 6. The predicted molar refractivity (Wildman–Crippen MR) is 121 cm³/mol. The molecule has 2 aromatic rings. The molecule has 8 heteroatoms. The Kier molecular flexibility index (Phi) is 6.59. The molecule has 0 saturated carbocycles. The van der Waals surface area contributed by atoms with Crippen molar-refractivity contribution in [3.63, 3.8) is 0 Å². The van der Waals surface area contributed by atoms with Crippen LogP contribution >= 0.6 is 23.4 Å². The van der Waals surface area contributed by atoms with E-state index < -0.39 is 24.5 Å². The van der Waals surface area contributed by atoms with Gasteiger partial charge in [0.2, 0.25) is 0 Å². The number of aliphatic carboxylic acids is 1. The van der Waals surface area contributed by atoms with Gasteiger partial charge in [0.1, 0.15) is 0 Å². The predicted octanol–water partition coefficient (Wildman–Crippen LogP) is 7.65. The van der Waals surface area contributed by atoms with Gasteiger partial charge in [-0.25, -0.2) is 0 Å². The van der Waals surface area contributed by atoms with E-state index in [1.807, 2.05) is 12.1 Å². The summed E-state index contributed by atoms with van der Waals surface area (Å²) in [7, 11) is 0. The fourth-order valence-corrected chi connectivity index (χ4v) is 6.25. The van der Waals surface area contributed by atoms with Crippen molar-refractivity contribution >= 4 is 34.9 Å². The summed E-state index contributed by atoms with van der Waals surface area (Å²) in [5.74, 6) is -2.20. The fraction of sp³-hybridized carbons (Fsp3) is 0.417. The number of nitrogens with zero attached hydrogens (tertiary/aromatic N) is 1. The van der Waals surface area contributed by atoms with Crippen LogP contribution in [0.1, 0.15) is 61.4 Å². The van der Waals surface area contributed by atoms with Gasteiger partial charge in [-0.05, 0) is 67.9 Å². The number of hydrogen-bond acceptors (Lipinski definition) is 3. The van der Waals surface area contributed by atoms with Gasteiger partial charge in [0, 0.05) is 32.8 Å². The van der Waals surface area contributed by atoms with Crippen molar-refractivity contribution < 1.29 is 23.1 Å². The number of benzene rings is 1. The van der Waals surface area contributed by atoms with Crippen LogP contribution in [0.2, 0.25) is 5.02 Å². The quantitative estimate of drug-likeness (QED) is 0.460. The normalized spacial score (nSPS) is 18.7. The van der Waals surface area contributed by atoms with Crippen molar-refractivity contribution in [2.24, 2.45) is 0 Å². The van der Waals surface area contributed by atoms with Gasteiger partial charge in [0.15, 0.2) is 0 Å². The minimum Gasteiger partial charge on any atom is -0.481 e. The van der Waals surface area contributed by atoms with Crippen molar-refractivity contribution in [3.05, 3.63) is 52.3 Å². The van der Waals surface area contributed by atoms with Crippen LogP contribution < -0.4 is 0 Å². The molecule has 0 fully saturated rings. The molecule has 0 spiro atoms. The highest BCUT2D eigenvalue weighted by molar-refractivity contribution is 8.01. The van der Waals surface area contributed by atoms with Crippen LogP contribution in [0.25, 0.3) is 16.7 Å². The van der Waals surface area contributed by atoms with E-state index in [1.165, 1.54) is 5.57 Å². The lowest BCUT2D eigenvalue weighted by Crippen LogP contribution is -2.17. The molecule has 0 radical (unpaired) electrons. The van der Waals surface area contributed by atoms with E-state index >= 15 is 0 Å². The Hall–Kier alpha value is -1.99. The Morgan fingerprint density at radius 2 is 2.03 bits per heavy atom. The van der Waals surface area contributed by atoms with Gasteiger partial charge >= 0.3 is 12.1 Å². The second-order valence-corrected chi connectivity index (χ2v) is 9.92. The van der Waals surface area contributed by atoms with Gasteiger partial charge in [-0.15, -0.1) is 11.8 Å². The molecule has 32 heavy (non-hydrogen) atoms. The van der Waals surface area contributed by atoms with E-state index in [9.17, 15) is 23.1 Å². The molecular weight excluding hydrogens is 459 g/mol. The number of halogens is 4. The Morgan fingerprint density at radius 1 is 1.31 bits per heavy atom. The van der Waals surface area contributed by atoms with Gasteiger partial charge in [-0.1, -0.05) is 29.8 Å². The third-order valence-electron chi connectivity index (χ3n) is 6.03. The number of aryl methyl sites for hydroxylation is 1. The minimum absolute atomic E-state index is 0.104. The highest BCUT2D eigenvalue weighted by atomic mass is 35.5. The Labute approximate surface area is 194 Å². The molecule has 2 heterocycles. The zero-order valence-corrected chi connectivity index (χ0v) is 19.1. The van der Waals surface area contributed by atoms with Gasteiger partial charge < -0.3 is 5.11 Å². The summed E-state index contributed by atoms with van der Waals surface area (Å²) >= 11 is 7.77. The number of pyridine rings is 1. The first-order chi connectivity index (χ1) is 15.2. The van der Waals surface area contributed by atoms with E-state index in [2.05, 4.69) is 6.08 Å². The number of alkyl halides is 3. The monoisotopic (exact) mass is 481 g/mol. The molecule has 0 amide bonds. The smallest absolute Gasteiger partial charge is 0.389 e. The minimum atomic E-state index is -4.31. The van der Waals surface area contributed by atoms with Crippen molar-refractivity contribution in [2.45, 2.75) is 67.7 Å². The molecule has 0 bridgehead atoms. The summed E-state index contributed by atoms with van der Waals surface area (Å²) in [6.07, 6.45) is -0.366. The number of thioether (sulfide) groups is 1. The Morgan fingerprint density at radius 3 is 2.69 bits per heavy atom. The van der Waals surface area contributed by atoms with Crippen molar-refractivity contribution in [1.82, 2.24) is 4.98 Å². The molecular formula is C24H23ClF3NO2S. The highest BCUT2D eigenvalue weighted by Gasteiger charge is 2.37. The first-order valence-electron chi connectivity index (χ1n) is 10.6. The summed E-state index contributed by atoms with van der Waals surface area (Å²) in [6.45, 7) is 1.76. The first-order valence-corrected chi connectivity index (χ1v) is 11.9. The van der Waals surface area contributed by atoms with Crippen LogP contribution in [0.4, 0.5) is 13.2 Å². The van der Waals surface area contributed by atoms with Gasteiger partial charge in [-0.2, -0.15) is 13.2 Å². The number of allylic oxidation sites excluding steroid dienone is 1. The van der Waals surface area contributed by atoms with Crippen LogP contribution in [0.15, 0.2) is 35.2 Å². The maximum absolute atomic E-state index is 12.7. The lowest BCUT2D eigenvalue weighted by Gasteiger charge is -2.22. The second-order valence-electron chi connectivity index (χ2n) is 8.27. The lowest BCUT2D eigenvalue weighted by atomic mass is 9.85. The number of fused-ring (bicyclic) bond motifs is 3. The molecule has 1 aliphatic carbocycles.